The highest BCUT2D eigenvalue weighted by atomic mass is 79.9. The summed E-state index contributed by atoms with van der Waals surface area (Å²) < 4.78 is 6.36. The molecule has 1 aliphatic rings. The summed E-state index contributed by atoms with van der Waals surface area (Å²) in [6.45, 7) is 0. The van der Waals surface area contributed by atoms with Gasteiger partial charge in [-0.25, -0.2) is 9.97 Å². The van der Waals surface area contributed by atoms with E-state index in [1.54, 1.807) is 6.20 Å². The van der Waals surface area contributed by atoms with Crippen LogP contribution in [0.4, 0.5) is 0 Å². The second kappa shape index (κ2) is 3.59. The van der Waals surface area contributed by atoms with E-state index in [1.807, 2.05) is 0 Å². The van der Waals surface area contributed by atoms with Gasteiger partial charge < -0.3 is 10.5 Å². The normalized spacial score (nSPS) is 26.6. The van der Waals surface area contributed by atoms with Gasteiger partial charge in [-0.2, -0.15) is 0 Å². The zero-order chi connectivity index (χ0) is 9.26. The van der Waals surface area contributed by atoms with E-state index in [9.17, 15) is 0 Å². The molecule has 0 aromatic carbocycles. The molecule has 5 heteroatoms. The first-order chi connectivity index (χ1) is 6.25. The lowest BCUT2D eigenvalue weighted by molar-refractivity contribution is 0.0947. The number of nitrogens with two attached hydrogens (primary N) is 1. The van der Waals surface area contributed by atoms with Crippen LogP contribution in [0.1, 0.15) is 12.8 Å². The Kier molecular flexibility index (Phi) is 2.46. The molecular weight excluding hydrogens is 234 g/mol. The summed E-state index contributed by atoms with van der Waals surface area (Å²) in [5.74, 6) is 0.604. The van der Waals surface area contributed by atoms with E-state index in [4.69, 9.17) is 10.5 Å². The van der Waals surface area contributed by atoms with Gasteiger partial charge in [-0.05, 0) is 28.8 Å². The molecule has 0 atom stereocenters. The van der Waals surface area contributed by atoms with Crippen LogP contribution in [-0.4, -0.2) is 22.1 Å². The van der Waals surface area contributed by atoms with Crippen molar-refractivity contribution in [2.45, 2.75) is 25.0 Å². The fourth-order valence-electron chi connectivity index (χ4n) is 1.25. The highest BCUT2D eigenvalue weighted by molar-refractivity contribution is 9.10. The summed E-state index contributed by atoms with van der Waals surface area (Å²) >= 11 is 3.31. The van der Waals surface area contributed by atoms with Crippen LogP contribution in [0.25, 0.3) is 0 Å². The molecule has 70 valence electrons. The molecule has 0 amide bonds. The molecule has 4 nitrogen and oxygen atoms in total. The third kappa shape index (κ3) is 1.97. The Balaban J connectivity index is 1.98. The van der Waals surface area contributed by atoms with Gasteiger partial charge in [0, 0.05) is 12.2 Å². The van der Waals surface area contributed by atoms with Crippen LogP contribution in [0.2, 0.25) is 0 Å². The van der Waals surface area contributed by atoms with Gasteiger partial charge in [0.1, 0.15) is 12.4 Å². The lowest BCUT2D eigenvalue weighted by Crippen LogP contribution is -2.43. The SMILES string of the molecule is NC1CC(Oc2ncncc2Br)C1. The molecule has 0 saturated heterocycles. The smallest absolute Gasteiger partial charge is 0.231 e. The molecule has 13 heavy (non-hydrogen) atoms. The number of hydrogen-bond acceptors (Lipinski definition) is 4. The predicted octanol–water partition coefficient (Wildman–Crippen LogP) is 1.11. The van der Waals surface area contributed by atoms with E-state index in [-0.39, 0.29) is 6.10 Å². The van der Waals surface area contributed by atoms with Gasteiger partial charge in [0.2, 0.25) is 5.88 Å². The molecule has 0 spiro atoms. The van der Waals surface area contributed by atoms with Crippen LogP contribution in [0.3, 0.4) is 0 Å². The zero-order valence-electron chi connectivity index (χ0n) is 6.98. The Morgan fingerprint density at radius 3 is 2.92 bits per heavy atom. The van der Waals surface area contributed by atoms with E-state index in [0.717, 1.165) is 17.3 Å². The van der Waals surface area contributed by atoms with Crippen LogP contribution in [-0.2, 0) is 0 Å². The lowest BCUT2D eigenvalue weighted by atomic mass is 9.90. The minimum absolute atomic E-state index is 0.223. The van der Waals surface area contributed by atoms with Crippen molar-refractivity contribution in [3.8, 4) is 5.88 Å². The predicted molar refractivity (Wildman–Crippen MR) is 51.4 cm³/mol. The van der Waals surface area contributed by atoms with Gasteiger partial charge in [0.25, 0.3) is 0 Å². The molecular formula is C8H10BrN3O. The number of aromatic nitrogens is 2. The fourth-order valence-corrected chi connectivity index (χ4v) is 1.56. The van der Waals surface area contributed by atoms with Gasteiger partial charge in [-0.1, -0.05) is 0 Å². The van der Waals surface area contributed by atoms with E-state index < -0.39 is 0 Å². The van der Waals surface area contributed by atoms with Gasteiger partial charge in [0.15, 0.2) is 0 Å². The van der Waals surface area contributed by atoms with E-state index in [1.165, 1.54) is 6.33 Å². The van der Waals surface area contributed by atoms with E-state index >= 15 is 0 Å². The second-order valence-corrected chi connectivity index (χ2v) is 4.00. The largest absolute Gasteiger partial charge is 0.473 e. The average Bonchev–Trinajstić information content (AvgIpc) is 2.06. The number of nitrogens with zero attached hydrogens (tertiary/aromatic N) is 2. The monoisotopic (exact) mass is 243 g/mol. The summed E-state index contributed by atoms with van der Waals surface area (Å²) in [5, 5.41) is 0. The summed E-state index contributed by atoms with van der Waals surface area (Å²) in [7, 11) is 0. The maximum atomic E-state index is 5.64. The minimum atomic E-state index is 0.223. The maximum absolute atomic E-state index is 5.64. The molecule has 1 saturated carbocycles. The highest BCUT2D eigenvalue weighted by Crippen LogP contribution is 2.27. The molecule has 0 aliphatic heterocycles. The van der Waals surface area contributed by atoms with Crippen molar-refractivity contribution in [3.63, 3.8) is 0 Å². The Morgan fingerprint density at radius 2 is 2.31 bits per heavy atom. The lowest BCUT2D eigenvalue weighted by Gasteiger charge is -2.32. The molecule has 0 unspecified atom stereocenters. The molecule has 1 aliphatic carbocycles. The second-order valence-electron chi connectivity index (χ2n) is 3.15. The summed E-state index contributed by atoms with van der Waals surface area (Å²) in [4.78, 5) is 7.85. The Hall–Kier alpha value is -0.680. The van der Waals surface area contributed by atoms with Crippen molar-refractivity contribution in [2.24, 2.45) is 5.73 Å². The van der Waals surface area contributed by atoms with Gasteiger partial charge >= 0.3 is 0 Å². The molecule has 0 bridgehead atoms. The van der Waals surface area contributed by atoms with Crippen LogP contribution in [0.15, 0.2) is 17.0 Å². The molecule has 2 rings (SSSR count). The van der Waals surface area contributed by atoms with E-state index in [2.05, 4.69) is 25.9 Å². The first-order valence-electron chi connectivity index (χ1n) is 4.13. The Labute approximate surface area is 84.6 Å². The van der Waals surface area contributed by atoms with Crippen LogP contribution in [0.5, 0.6) is 5.88 Å². The number of rotatable bonds is 2. The average molecular weight is 244 g/mol. The Morgan fingerprint density at radius 1 is 1.54 bits per heavy atom. The number of hydrogen-bond donors (Lipinski definition) is 1. The third-order valence-corrected chi connectivity index (χ3v) is 2.59. The van der Waals surface area contributed by atoms with Crippen molar-refractivity contribution in [1.29, 1.82) is 0 Å². The van der Waals surface area contributed by atoms with Crippen molar-refractivity contribution in [2.75, 3.05) is 0 Å². The Bertz CT molecular complexity index is 301. The first kappa shape index (κ1) is 8.90. The van der Waals surface area contributed by atoms with Gasteiger partial charge in [-0.15, -0.1) is 0 Å². The van der Waals surface area contributed by atoms with Gasteiger partial charge in [0.05, 0.1) is 4.47 Å². The molecule has 1 aromatic rings. The quantitative estimate of drug-likeness (QED) is 0.846. The van der Waals surface area contributed by atoms with Crippen molar-refractivity contribution in [3.05, 3.63) is 17.0 Å². The molecule has 0 radical (unpaired) electrons. The van der Waals surface area contributed by atoms with Crippen molar-refractivity contribution in [1.82, 2.24) is 9.97 Å². The fraction of sp³-hybridized carbons (Fsp3) is 0.500. The number of halogens is 1. The van der Waals surface area contributed by atoms with Crippen LogP contribution in [0, 0.1) is 0 Å². The summed E-state index contributed by atoms with van der Waals surface area (Å²) in [6.07, 6.45) is 5.19. The standard InChI is InChI=1S/C8H10BrN3O/c9-7-3-11-4-12-8(7)13-6-1-5(10)2-6/h3-6H,1-2,10H2. The third-order valence-electron chi connectivity index (χ3n) is 2.04. The first-order valence-corrected chi connectivity index (χ1v) is 4.93. The van der Waals surface area contributed by atoms with Crippen molar-refractivity contribution < 1.29 is 4.74 Å². The zero-order valence-corrected chi connectivity index (χ0v) is 8.57. The highest BCUT2D eigenvalue weighted by Gasteiger charge is 2.28. The summed E-state index contributed by atoms with van der Waals surface area (Å²) in [6, 6.07) is 0.297. The molecule has 1 heterocycles. The number of ether oxygens (including phenoxy) is 1. The molecule has 1 aromatic heterocycles. The summed E-state index contributed by atoms with van der Waals surface area (Å²) in [5.41, 5.74) is 5.64. The maximum Gasteiger partial charge on any atom is 0.231 e. The van der Waals surface area contributed by atoms with Crippen molar-refractivity contribution >= 4 is 15.9 Å². The topological polar surface area (TPSA) is 61.0 Å². The van der Waals surface area contributed by atoms with E-state index in [0.29, 0.717) is 11.9 Å². The van der Waals surface area contributed by atoms with Crippen LogP contribution >= 0.6 is 15.9 Å². The minimum Gasteiger partial charge on any atom is -0.473 e. The van der Waals surface area contributed by atoms with Gasteiger partial charge in [-0.3, -0.25) is 0 Å². The van der Waals surface area contributed by atoms with Crippen LogP contribution < -0.4 is 10.5 Å². The molecule has 1 fully saturated rings. The molecule has 2 N–H and O–H groups in total.